The van der Waals surface area contributed by atoms with Gasteiger partial charge in [-0.25, -0.2) is 4.98 Å². The van der Waals surface area contributed by atoms with Crippen LogP contribution < -0.4 is 5.32 Å². The first-order valence-electron chi connectivity index (χ1n) is 8.58. The molecule has 1 amide bonds. The number of nitrogens with zero attached hydrogens (tertiary/aromatic N) is 2. The average molecular weight is 361 g/mol. The second kappa shape index (κ2) is 6.77. The van der Waals surface area contributed by atoms with Crippen molar-refractivity contribution in [1.82, 2.24) is 9.55 Å². The van der Waals surface area contributed by atoms with E-state index in [4.69, 9.17) is 4.98 Å². The third kappa shape index (κ3) is 2.91. The van der Waals surface area contributed by atoms with Gasteiger partial charge in [-0.3, -0.25) is 4.79 Å². The number of aryl methyl sites for hydroxylation is 2. The smallest absolute Gasteiger partial charge is 0.265 e. The Balaban J connectivity index is 1.63. The van der Waals surface area contributed by atoms with Crippen LogP contribution in [-0.4, -0.2) is 15.5 Å². The number of hydrogen-bond acceptors (Lipinski definition) is 3. The van der Waals surface area contributed by atoms with Crippen molar-refractivity contribution in [3.8, 4) is 10.7 Å². The predicted molar refractivity (Wildman–Crippen MR) is 108 cm³/mol. The molecule has 0 saturated carbocycles. The molecular formula is C21H19N3OS. The number of fused-ring (bicyclic) bond motifs is 1. The van der Waals surface area contributed by atoms with E-state index in [1.807, 2.05) is 61.6 Å². The zero-order valence-corrected chi connectivity index (χ0v) is 15.5. The summed E-state index contributed by atoms with van der Waals surface area (Å²) in [5.74, 6) is 0.796. The Labute approximate surface area is 156 Å². The highest BCUT2D eigenvalue weighted by atomic mass is 32.1. The van der Waals surface area contributed by atoms with Gasteiger partial charge in [-0.15, -0.1) is 11.3 Å². The molecule has 2 aromatic carbocycles. The molecule has 0 atom stereocenters. The van der Waals surface area contributed by atoms with Crippen molar-refractivity contribution in [1.29, 1.82) is 0 Å². The molecule has 0 aliphatic carbocycles. The van der Waals surface area contributed by atoms with Gasteiger partial charge < -0.3 is 9.88 Å². The average Bonchev–Trinajstić information content (AvgIpc) is 3.28. The van der Waals surface area contributed by atoms with Crippen LogP contribution in [0.1, 0.15) is 22.2 Å². The van der Waals surface area contributed by atoms with Crippen molar-refractivity contribution < 1.29 is 4.79 Å². The zero-order chi connectivity index (χ0) is 18.1. The number of hydrogen-bond donors (Lipinski definition) is 1. The quantitative estimate of drug-likeness (QED) is 0.548. The highest BCUT2D eigenvalue weighted by molar-refractivity contribution is 7.17. The fourth-order valence-electron chi connectivity index (χ4n) is 3.08. The fraction of sp³-hybridized carbons (Fsp3) is 0.143. The van der Waals surface area contributed by atoms with Gasteiger partial charge in [0.2, 0.25) is 0 Å². The molecule has 0 radical (unpaired) electrons. The first-order valence-corrected chi connectivity index (χ1v) is 9.40. The van der Waals surface area contributed by atoms with Gasteiger partial charge in [-0.1, -0.05) is 37.3 Å². The number of thiophene rings is 1. The summed E-state index contributed by atoms with van der Waals surface area (Å²) in [5.41, 5.74) is 4.05. The maximum Gasteiger partial charge on any atom is 0.265 e. The van der Waals surface area contributed by atoms with E-state index in [0.717, 1.165) is 39.4 Å². The first-order chi connectivity index (χ1) is 12.7. The molecule has 4 nitrogen and oxygen atoms in total. The van der Waals surface area contributed by atoms with Crippen molar-refractivity contribution in [3.63, 3.8) is 0 Å². The Morgan fingerprint density at radius 2 is 1.85 bits per heavy atom. The molecule has 0 aliphatic heterocycles. The highest BCUT2D eigenvalue weighted by Gasteiger charge is 2.15. The van der Waals surface area contributed by atoms with Crippen LogP contribution in [0.15, 0.2) is 60.7 Å². The second-order valence-corrected chi connectivity index (χ2v) is 7.20. The number of aromatic nitrogens is 2. The summed E-state index contributed by atoms with van der Waals surface area (Å²) in [5, 5.41) is 3.03. The topological polar surface area (TPSA) is 46.9 Å². The van der Waals surface area contributed by atoms with E-state index < -0.39 is 0 Å². The van der Waals surface area contributed by atoms with Crippen LogP contribution in [0.3, 0.4) is 0 Å². The van der Waals surface area contributed by atoms with Gasteiger partial charge in [-0.2, -0.15) is 0 Å². The number of carbonyl (C=O) groups excluding carboxylic acids is 1. The molecule has 0 fully saturated rings. The SMILES string of the molecule is CCc1ccccc1NC(=O)c1ccc(-c2nc3ccccc3n2C)s1. The van der Waals surface area contributed by atoms with Gasteiger partial charge in [-0.05, 0) is 42.3 Å². The molecule has 0 bridgehead atoms. The number of para-hydroxylation sites is 3. The standard InChI is InChI=1S/C21H19N3OS/c1-3-14-8-4-5-9-15(14)23-21(25)19-13-12-18(26-19)20-22-16-10-6-7-11-17(16)24(20)2/h4-13H,3H2,1-2H3,(H,23,25). The normalized spacial score (nSPS) is 11.0. The largest absolute Gasteiger partial charge is 0.326 e. The number of amides is 1. The van der Waals surface area contributed by atoms with Crippen LogP contribution in [0.2, 0.25) is 0 Å². The van der Waals surface area contributed by atoms with Gasteiger partial charge in [0.25, 0.3) is 5.91 Å². The van der Waals surface area contributed by atoms with Crippen LogP contribution >= 0.6 is 11.3 Å². The number of imidazole rings is 1. The molecule has 1 N–H and O–H groups in total. The molecule has 26 heavy (non-hydrogen) atoms. The van der Waals surface area contributed by atoms with Gasteiger partial charge in [0.15, 0.2) is 5.82 Å². The van der Waals surface area contributed by atoms with E-state index in [9.17, 15) is 4.79 Å². The Morgan fingerprint density at radius 1 is 1.08 bits per heavy atom. The maximum atomic E-state index is 12.7. The Bertz CT molecular complexity index is 1090. The van der Waals surface area contributed by atoms with Gasteiger partial charge >= 0.3 is 0 Å². The maximum absolute atomic E-state index is 12.7. The highest BCUT2D eigenvalue weighted by Crippen LogP contribution is 2.30. The van der Waals surface area contributed by atoms with Crippen LogP contribution in [0.25, 0.3) is 21.7 Å². The van der Waals surface area contributed by atoms with Crippen molar-refractivity contribution in [3.05, 3.63) is 71.1 Å². The third-order valence-corrected chi connectivity index (χ3v) is 5.56. The zero-order valence-electron chi connectivity index (χ0n) is 14.7. The number of anilines is 1. The van der Waals surface area contributed by atoms with E-state index in [1.54, 1.807) is 0 Å². The molecule has 0 unspecified atom stereocenters. The van der Waals surface area contributed by atoms with Gasteiger partial charge in [0.05, 0.1) is 20.8 Å². The number of rotatable bonds is 4. The monoisotopic (exact) mass is 361 g/mol. The summed E-state index contributed by atoms with van der Waals surface area (Å²) >= 11 is 1.46. The molecule has 130 valence electrons. The molecule has 0 spiro atoms. The molecule has 0 aliphatic rings. The van der Waals surface area contributed by atoms with Crippen LogP contribution in [0.5, 0.6) is 0 Å². The third-order valence-electron chi connectivity index (χ3n) is 4.48. The number of carbonyl (C=O) groups is 1. The number of nitrogens with one attached hydrogen (secondary N) is 1. The lowest BCUT2D eigenvalue weighted by atomic mass is 10.1. The summed E-state index contributed by atoms with van der Waals surface area (Å²) in [6, 6.07) is 19.8. The fourth-order valence-corrected chi connectivity index (χ4v) is 4.01. The van der Waals surface area contributed by atoms with Crippen LogP contribution in [-0.2, 0) is 13.5 Å². The Hall–Kier alpha value is -2.92. The van der Waals surface area contributed by atoms with Crippen molar-refractivity contribution in [2.24, 2.45) is 7.05 Å². The van der Waals surface area contributed by atoms with Gasteiger partial charge in [0, 0.05) is 12.7 Å². The lowest BCUT2D eigenvalue weighted by Gasteiger charge is -2.08. The minimum absolute atomic E-state index is 0.0825. The summed E-state index contributed by atoms with van der Waals surface area (Å²) in [6.07, 6.45) is 0.881. The van der Waals surface area contributed by atoms with Crippen LogP contribution in [0.4, 0.5) is 5.69 Å². The Morgan fingerprint density at radius 3 is 2.65 bits per heavy atom. The van der Waals surface area contributed by atoms with E-state index in [1.165, 1.54) is 11.3 Å². The Kier molecular flexibility index (Phi) is 4.31. The van der Waals surface area contributed by atoms with E-state index in [2.05, 4.69) is 22.9 Å². The summed E-state index contributed by atoms with van der Waals surface area (Å²) in [6.45, 7) is 2.08. The molecular weight excluding hydrogens is 342 g/mol. The van der Waals surface area contributed by atoms with E-state index >= 15 is 0 Å². The molecule has 4 aromatic rings. The summed E-state index contributed by atoms with van der Waals surface area (Å²) < 4.78 is 2.06. The lowest BCUT2D eigenvalue weighted by Crippen LogP contribution is -2.11. The van der Waals surface area contributed by atoms with Gasteiger partial charge in [0.1, 0.15) is 0 Å². The molecule has 2 heterocycles. The van der Waals surface area contributed by atoms with E-state index in [0.29, 0.717) is 4.88 Å². The minimum Gasteiger partial charge on any atom is -0.326 e. The van der Waals surface area contributed by atoms with Crippen molar-refractivity contribution in [2.45, 2.75) is 13.3 Å². The molecule has 4 rings (SSSR count). The van der Waals surface area contributed by atoms with E-state index in [-0.39, 0.29) is 5.91 Å². The molecule has 2 aromatic heterocycles. The predicted octanol–water partition coefficient (Wildman–Crippen LogP) is 5.12. The van der Waals surface area contributed by atoms with Crippen molar-refractivity contribution in [2.75, 3.05) is 5.32 Å². The summed E-state index contributed by atoms with van der Waals surface area (Å²) in [7, 11) is 2.00. The second-order valence-electron chi connectivity index (χ2n) is 6.11. The lowest BCUT2D eigenvalue weighted by molar-refractivity contribution is 0.103. The summed E-state index contributed by atoms with van der Waals surface area (Å²) in [4.78, 5) is 19.0. The molecule has 0 saturated heterocycles. The first kappa shape index (κ1) is 16.5. The van der Waals surface area contributed by atoms with Crippen molar-refractivity contribution >= 4 is 34.0 Å². The number of benzene rings is 2. The van der Waals surface area contributed by atoms with Crippen LogP contribution in [0, 0.1) is 0 Å². The minimum atomic E-state index is -0.0825. The molecule has 5 heteroatoms.